The lowest BCUT2D eigenvalue weighted by atomic mass is 9.93. The fourth-order valence-corrected chi connectivity index (χ4v) is 9.24. The summed E-state index contributed by atoms with van der Waals surface area (Å²) in [6, 6.07) is 85.7. The molecule has 0 saturated carbocycles. The Bertz CT molecular complexity index is 3420. The number of pyridine rings is 2. The summed E-state index contributed by atoms with van der Waals surface area (Å²) in [7, 11) is 0. The molecule has 4 nitrogen and oxygen atoms in total. The molecule has 3 aromatic heterocycles. The summed E-state index contributed by atoms with van der Waals surface area (Å²) in [5, 5.41) is 4.66. The third kappa shape index (κ3) is 7.04. The van der Waals surface area contributed by atoms with Gasteiger partial charge in [0.05, 0.1) is 33.8 Å². The van der Waals surface area contributed by atoms with Gasteiger partial charge in [0, 0.05) is 44.3 Å². The molecule has 0 bridgehead atoms. The van der Waals surface area contributed by atoms with Crippen LogP contribution >= 0.6 is 0 Å². The second-order valence-corrected chi connectivity index (χ2v) is 16.4. The number of fused-ring (bicyclic) bond motifs is 6. The van der Waals surface area contributed by atoms with Gasteiger partial charge in [0.15, 0.2) is 0 Å². The molecule has 0 aliphatic rings. The van der Waals surface area contributed by atoms with Crippen molar-refractivity contribution in [1.29, 1.82) is 0 Å². The van der Waals surface area contributed by atoms with E-state index in [9.17, 15) is 0 Å². The maximum Gasteiger partial charge on any atom is 0.145 e. The maximum absolute atomic E-state index is 5.71. The van der Waals surface area contributed by atoms with Crippen LogP contribution in [0.15, 0.2) is 243 Å². The molecule has 3 heterocycles. The Labute approximate surface area is 377 Å². The van der Waals surface area contributed by atoms with Crippen molar-refractivity contribution in [1.82, 2.24) is 19.5 Å². The van der Waals surface area contributed by atoms with Crippen molar-refractivity contribution in [2.75, 3.05) is 0 Å². The number of hydrogen-bond donors (Lipinski definition) is 0. The van der Waals surface area contributed by atoms with Gasteiger partial charge in [0.2, 0.25) is 0 Å². The predicted octanol–water partition coefficient (Wildman–Crippen LogP) is 15.8. The van der Waals surface area contributed by atoms with Crippen molar-refractivity contribution in [2.45, 2.75) is 0 Å². The van der Waals surface area contributed by atoms with Gasteiger partial charge in [-0.3, -0.25) is 4.57 Å². The molecule has 0 fully saturated rings. The molecule has 0 saturated heterocycles. The van der Waals surface area contributed by atoms with E-state index in [-0.39, 0.29) is 0 Å². The highest BCUT2D eigenvalue weighted by atomic mass is 15.1. The van der Waals surface area contributed by atoms with Crippen molar-refractivity contribution in [3.05, 3.63) is 243 Å². The zero-order valence-electron chi connectivity index (χ0n) is 35.4. The van der Waals surface area contributed by atoms with Gasteiger partial charge >= 0.3 is 0 Å². The Morgan fingerprint density at radius 3 is 1.00 bits per heavy atom. The SMILES string of the molecule is c1ccc(-c2cc(-c3cc(-c4cc(-c5ccccc5)nc(-c5ccccc5)c4)cc(-c4nc5c6ccccc6c6ccccc6c5n4-c4ccccc4)c3)cc(-c3ccccc3)n2)cc1. The highest BCUT2D eigenvalue weighted by molar-refractivity contribution is 6.24. The standard InChI is InChI=1S/C61H40N4/c1-6-20-41(21-7-1)55-37-47(38-56(62-55)42-22-8-2-9-23-42)45-34-46(48-39-57(43-24-10-3-11-25-43)63-58(40-48)44-26-12-4-13-27-44)36-49(35-45)61-64-59-53-32-18-16-30-51(53)52-31-17-19-33-54(52)60(59)65(61)50-28-14-5-15-29-50/h1-40H. The van der Waals surface area contributed by atoms with Gasteiger partial charge in [-0.05, 0) is 87.6 Å². The molecule has 0 spiro atoms. The molecule has 0 aliphatic heterocycles. The van der Waals surface area contributed by atoms with Gasteiger partial charge in [-0.25, -0.2) is 15.0 Å². The molecule has 0 atom stereocenters. The van der Waals surface area contributed by atoms with Crippen LogP contribution < -0.4 is 0 Å². The van der Waals surface area contributed by atoms with Crippen LogP contribution in [0.5, 0.6) is 0 Å². The lowest BCUT2D eigenvalue weighted by Gasteiger charge is -2.16. The first-order valence-corrected chi connectivity index (χ1v) is 22.0. The van der Waals surface area contributed by atoms with Crippen molar-refractivity contribution < 1.29 is 0 Å². The Balaban J connectivity index is 1.19. The van der Waals surface area contributed by atoms with Crippen molar-refractivity contribution >= 4 is 32.6 Å². The minimum atomic E-state index is 0.858. The first-order chi connectivity index (χ1) is 32.2. The van der Waals surface area contributed by atoms with Crippen LogP contribution in [0, 0.1) is 0 Å². The number of hydrogen-bond acceptors (Lipinski definition) is 3. The van der Waals surface area contributed by atoms with Gasteiger partial charge in [-0.2, -0.15) is 0 Å². The summed E-state index contributed by atoms with van der Waals surface area (Å²) in [4.78, 5) is 16.2. The predicted molar refractivity (Wildman–Crippen MR) is 270 cm³/mol. The average Bonchev–Trinajstić information content (AvgIpc) is 3.81. The molecule has 0 aliphatic carbocycles. The molecule has 0 radical (unpaired) electrons. The lowest BCUT2D eigenvalue weighted by molar-refractivity contribution is 1.11. The average molecular weight is 829 g/mol. The van der Waals surface area contributed by atoms with Gasteiger partial charge in [-0.1, -0.05) is 188 Å². The van der Waals surface area contributed by atoms with Crippen molar-refractivity contribution in [3.8, 4) is 84.4 Å². The van der Waals surface area contributed by atoms with Crippen LogP contribution in [0.4, 0.5) is 0 Å². The largest absolute Gasteiger partial charge is 0.292 e. The zero-order chi connectivity index (χ0) is 43.1. The number of aromatic nitrogens is 4. The molecule has 65 heavy (non-hydrogen) atoms. The van der Waals surface area contributed by atoms with E-state index in [0.717, 1.165) is 106 Å². The first-order valence-electron chi connectivity index (χ1n) is 22.0. The van der Waals surface area contributed by atoms with E-state index in [1.807, 2.05) is 0 Å². The number of benzene rings is 9. The van der Waals surface area contributed by atoms with E-state index in [2.05, 4.69) is 247 Å². The molecule has 12 rings (SSSR count). The molecule has 0 N–H and O–H groups in total. The van der Waals surface area contributed by atoms with Crippen LogP contribution in [0.1, 0.15) is 0 Å². The second-order valence-electron chi connectivity index (χ2n) is 16.4. The number of para-hydroxylation sites is 1. The second kappa shape index (κ2) is 16.2. The molecule has 4 heteroatoms. The van der Waals surface area contributed by atoms with Gasteiger partial charge < -0.3 is 0 Å². The van der Waals surface area contributed by atoms with Crippen molar-refractivity contribution in [3.63, 3.8) is 0 Å². The number of rotatable bonds is 8. The summed E-state index contributed by atoms with van der Waals surface area (Å²) in [5.74, 6) is 0.858. The highest BCUT2D eigenvalue weighted by Crippen LogP contribution is 2.42. The lowest BCUT2D eigenvalue weighted by Crippen LogP contribution is -1.99. The van der Waals surface area contributed by atoms with Gasteiger partial charge in [-0.15, -0.1) is 0 Å². The van der Waals surface area contributed by atoms with Crippen LogP contribution in [0.3, 0.4) is 0 Å². The number of nitrogens with zero attached hydrogens (tertiary/aromatic N) is 4. The molecule has 0 unspecified atom stereocenters. The fourth-order valence-electron chi connectivity index (χ4n) is 9.24. The maximum atomic E-state index is 5.71. The smallest absolute Gasteiger partial charge is 0.145 e. The highest BCUT2D eigenvalue weighted by Gasteiger charge is 2.22. The van der Waals surface area contributed by atoms with Gasteiger partial charge in [0.25, 0.3) is 0 Å². The molecule has 9 aromatic carbocycles. The summed E-state index contributed by atoms with van der Waals surface area (Å²) in [6.45, 7) is 0. The van der Waals surface area contributed by atoms with E-state index in [1.54, 1.807) is 0 Å². The molecular formula is C61H40N4. The van der Waals surface area contributed by atoms with Crippen LogP contribution in [-0.2, 0) is 0 Å². The molecule has 304 valence electrons. The minimum Gasteiger partial charge on any atom is -0.292 e. The number of imidazole rings is 1. The summed E-state index contributed by atoms with van der Waals surface area (Å²) < 4.78 is 2.36. The topological polar surface area (TPSA) is 43.6 Å². The zero-order valence-corrected chi connectivity index (χ0v) is 35.4. The van der Waals surface area contributed by atoms with E-state index in [4.69, 9.17) is 15.0 Å². The van der Waals surface area contributed by atoms with Crippen LogP contribution in [0.2, 0.25) is 0 Å². The van der Waals surface area contributed by atoms with Crippen LogP contribution in [-0.4, -0.2) is 19.5 Å². The normalized spacial score (nSPS) is 11.4. The summed E-state index contributed by atoms with van der Waals surface area (Å²) >= 11 is 0. The summed E-state index contributed by atoms with van der Waals surface area (Å²) in [5.41, 5.74) is 16.1. The molecular weight excluding hydrogens is 789 g/mol. The van der Waals surface area contributed by atoms with E-state index < -0.39 is 0 Å². The minimum absolute atomic E-state index is 0.858. The Morgan fingerprint density at radius 1 is 0.246 bits per heavy atom. The van der Waals surface area contributed by atoms with Gasteiger partial charge in [0.1, 0.15) is 5.82 Å². The first kappa shape index (κ1) is 38.0. The third-order valence-corrected chi connectivity index (χ3v) is 12.3. The van der Waals surface area contributed by atoms with E-state index in [0.29, 0.717) is 0 Å². The quantitative estimate of drug-likeness (QED) is 0.143. The molecule has 0 amide bonds. The monoisotopic (exact) mass is 828 g/mol. The Kier molecular flexibility index (Phi) is 9.46. The van der Waals surface area contributed by atoms with Crippen LogP contribution in [0.25, 0.3) is 117 Å². The van der Waals surface area contributed by atoms with E-state index >= 15 is 0 Å². The molecule has 12 aromatic rings. The van der Waals surface area contributed by atoms with E-state index in [1.165, 1.54) is 10.8 Å². The third-order valence-electron chi connectivity index (χ3n) is 12.3. The Hall–Kier alpha value is -8.73. The fraction of sp³-hybridized carbons (Fsp3) is 0. The Morgan fingerprint density at radius 2 is 0.569 bits per heavy atom. The van der Waals surface area contributed by atoms with Crippen molar-refractivity contribution in [2.24, 2.45) is 0 Å². The summed E-state index contributed by atoms with van der Waals surface area (Å²) in [6.07, 6.45) is 0.